The highest BCUT2D eigenvalue weighted by Gasteiger charge is 2.47. The molecule has 2 aromatic rings. The molecule has 5 nitrogen and oxygen atoms in total. The van der Waals surface area contributed by atoms with Crippen molar-refractivity contribution < 1.29 is 14.0 Å². The highest BCUT2D eigenvalue weighted by atomic mass is 16.3. The minimum atomic E-state index is -0.201. The summed E-state index contributed by atoms with van der Waals surface area (Å²) in [4.78, 5) is 30.6. The lowest BCUT2D eigenvalue weighted by molar-refractivity contribution is -0.140. The van der Waals surface area contributed by atoms with Crippen LogP contribution in [0.4, 0.5) is 0 Å². The molecule has 1 aliphatic heterocycles. The van der Waals surface area contributed by atoms with Gasteiger partial charge in [-0.25, -0.2) is 4.98 Å². The van der Waals surface area contributed by atoms with E-state index in [1.54, 1.807) is 0 Å². The van der Waals surface area contributed by atoms with Crippen LogP contribution in [0.15, 0.2) is 53.2 Å². The highest BCUT2D eigenvalue weighted by Crippen LogP contribution is 2.35. The average Bonchev–Trinajstić information content (AvgIpc) is 3.16. The topological polar surface area (TPSA) is 63.4 Å². The van der Waals surface area contributed by atoms with Crippen molar-refractivity contribution in [3.63, 3.8) is 0 Å². The van der Waals surface area contributed by atoms with E-state index in [-0.39, 0.29) is 30.2 Å². The van der Waals surface area contributed by atoms with E-state index in [0.29, 0.717) is 24.4 Å². The van der Waals surface area contributed by atoms with Crippen molar-refractivity contribution in [1.82, 2.24) is 9.88 Å². The SMILES string of the molecule is O=C1C2CC=CCC2C(=O)N1Cc1coc(-c2ccccc2)n1. The molecular formula is C18H16N2O3. The fraction of sp³-hybridized carbons (Fsp3) is 0.278. The van der Waals surface area contributed by atoms with Crippen LogP contribution in [-0.2, 0) is 16.1 Å². The Morgan fingerprint density at radius 2 is 1.70 bits per heavy atom. The van der Waals surface area contributed by atoms with Gasteiger partial charge in [0.05, 0.1) is 24.1 Å². The molecule has 2 aliphatic rings. The number of nitrogens with zero attached hydrogens (tertiary/aromatic N) is 2. The maximum absolute atomic E-state index is 12.4. The molecule has 0 N–H and O–H groups in total. The number of hydrogen-bond acceptors (Lipinski definition) is 4. The number of imide groups is 1. The first-order valence-electron chi connectivity index (χ1n) is 7.74. The van der Waals surface area contributed by atoms with Crippen LogP contribution in [0.25, 0.3) is 11.5 Å². The number of fused-ring (bicyclic) bond motifs is 1. The van der Waals surface area contributed by atoms with Gasteiger partial charge in [-0.1, -0.05) is 30.4 Å². The van der Waals surface area contributed by atoms with Crippen LogP contribution in [0, 0.1) is 11.8 Å². The zero-order valence-electron chi connectivity index (χ0n) is 12.5. The molecule has 1 aromatic carbocycles. The number of aromatic nitrogens is 1. The molecular weight excluding hydrogens is 292 g/mol. The van der Waals surface area contributed by atoms with E-state index in [4.69, 9.17) is 4.42 Å². The lowest BCUT2D eigenvalue weighted by Crippen LogP contribution is -2.30. The van der Waals surface area contributed by atoms with Crippen molar-refractivity contribution in [2.45, 2.75) is 19.4 Å². The summed E-state index contributed by atoms with van der Waals surface area (Å²) in [7, 11) is 0. The van der Waals surface area contributed by atoms with Gasteiger partial charge in [-0.05, 0) is 25.0 Å². The quantitative estimate of drug-likeness (QED) is 0.646. The lowest BCUT2D eigenvalue weighted by Gasteiger charge is -2.14. The summed E-state index contributed by atoms with van der Waals surface area (Å²) in [6.07, 6.45) is 6.79. The number of amides is 2. The van der Waals surface area contributed by atoms with Crippen LogP contribution in [0.5, 0.6) is 0 Å². The van der Waals surface area contributed by atoms with Gasteiger partial charge in [0.1, 0.15) is 6.26 Å². The molecule has 2 heterocycles. The molecule has 116 valence electrons. The van der Waals surface area contributed by atoms with Crippen molar-refractivity contribution in [2.75, 3.05) is 0 Å². The molecule has 0 radical (unpaired) electrons. The number of benzene rings is 1. The maximum atomic E-state index is 12.4. The molecule has 23 heavy (non-hydrogen) atoms. The van der Waals surface area contributed by atoms with Crippen LogP contribution < -0.4 is 0 Å². The zero-order chi connectivity index (χ0) is 15.8. The lowest BCUT2D eigenvalue weighted by atomic mass is 9.85. The first-order chi connectivity index (χ1) is 11.2. The number of allylic oxidation sites excluding steroid dienone is 2. The fourth-order valence-electron chi connectivity index (χ4n) is 3.28. The van der Waals surface area contributed by atoms with Gasteiger partial charge in [0.25, 0.3) is 0 Å². The van der Waals surface area contributed by atoms with E-state index in [1.165, 1.54) is 11.2 Å². The molecule has 2 atom stereocenters. The summed E-state index contributed by atoms with van der Waals surface area (Å²) >= 11 is 0. The number of carbonyl (C=O) groups excluding carboxylic acids is 2. The third-order valence-electron chi connectivity index (χ3n) is 4.49. The number of likely N-dealkylation sites (tertiary alicyclic amines) is 1. The van der Waals surface area contributed by atoms with Crippen LogP contribution in [-0.4, -0.2) is 21.7 Å². The van der Waals surface area contributed by atoms with Crippen molar-refractivity contribution in [1.29, 1.82) is 0 Å². The average molecular weight is 308 g/mol. The van der Waals surface area contributed by atoms with E-state index in [1.807, 2.05) is 42.5 Å². The summed E-state index contributed by atoms with van der Waals surface area (Å²) in [6, 6.07) is 9.55. The minimum Gasteiger partial charge on any atom is -0.444 e. The van der Waals surface area contributed by atoms with Gasteiger partial charge in [-0.15, -0.1) is 0 Å². The van der Waals surface area contributed by atoms with Crippen molar-refractivity contribution >= 4 is 11.8 Å². The van der Waals surface area contributed by atoms with Crippen molar-refractivity contribution in [3.8, 4) is 11.5 Å². The van der Waals surface area contributed by atoms with E-state index in [2.05, 4.69) is 4.98 Å². The van der Waals surface area contributed by atoms with Gasteiger partial charge in [-0.2, -0.15) is 0 Å². The van der Waals surface area contributed by atoms with Crippen LogP contribution >= 0.6 is 0 Å². The molecule has 2 unspecified atom stereocenters. The first kappa shape index (κ1) is 13.9. The molecule has 4 rings (SSSR count). The summed E-state index contributed by atoms with van der Waals surface area (Å²) < 4.78 is 5.48. The van der Waals surface area contributed by atoms with Crippen molar-refractivity contribution in [2.24, 2.45) is 11.8 Å². The molecule has 0 bridgehead atoms. The molecule has 1 saturated heterocycles. The normalized spacial score (nSPS) is 23.4. The Bertz CT molecular complexity index is 753. The Labute approximate surface area is 133 Å². The van der Waals surface area contributed by atoms with Gasteiger partial charge in [0.15, 0.2) is 0 Å². The molecule has 1 aliphatic carbocycles. The second-order valence-electron chi connectivity index (χ2n) is 5.93. The van der Waals surface area contributed by atoms with Crippen LogP contribution in [0.3, 0.4) is 0 Å². The smallest absolute Gasteiger partial charge is 0.233 e. The van der Waals surface area contributed by atoms with Crippen LogP contribution in [0.2, 0.25) is 0 Å². The second-order valence-corrected chi connectivity index (χ2v) is 5.93. The summed E-state index contributed by atoms with van der Waals surface area (Å²) in [6.45, 7) is 0.182. The zero-order valence-corrected chi connectivity index (χ0v) is 12.5. The van der Waals surface area contributed by atoms with Gasteiger partial charge in [0, 0.05) is 5.56 Å². The van der Waals surface area contributed by atoms with E-state index < -0.39 is 0 Å². The van der Waals surface area contributed by atoms with E-state index >= 15 is 0 Å². The Morgan fingerprint density at radius 3 is 2.35 bits per heavy atom. The molecule has 0 spiro atoms. The third kappa shape index (κ3) is 2.38. The van der Waals surface area contributed by atoms with Gasteiger partial charge >= 0.3 is 0 Å². The maximum Gasteiger partial charge on any atom is 0.233 e. The summed E-state index contributed by atoms with van der Waals surface area (Å²) in [5.74, 6) is -0.0815. The number of hydrogen-bond donors (Lipinski definition) is 0. The van der Waals surface area contributed by atoms with Gasteiger partial charge < -0.3 is 4.42 Å². The van der Waals surface area contributed by atoms with E-state index in [9.17, 15) is 9.59 Å². The number of oxazole rings is 1. The third-order valence-corrected chi connectivity index (χ3v) is 4.49. The van der Waals surface area contributed by atoms with E-state index in [0.717, 1.165) is 5.56 Å². The minimum absolute atomic E-state index is 0.0892. The molecule has 2 amide bonds. The molecule has 1 fully saturated rings. The monoisotopic (exact) mass is 308 g/mol. The summed E-state index contributed by atoms with van der Waals surface area (Å²) in [5, 5.41) is 0. The largest absolute Gasteiger partial charge is 0.444 e. The predicted molar refractivity (Wildman–Crippen MR) is 82.9 cm³/mol. The fourth-order valence-corrected chi connectivity index (χ4v) is 3.28. The number of carbonyl (C=O) groups is 2. The van der Waals surface area contributed by atoms with Crippen molar-refractivity contribution in [3.05, 3.63) is 54.4 Å². The van der Waals surface area contributed by atoms with Gasteiger partial charge in [-0.3, -0.25) is 14.5 Å². The molecule has 1 aromatic heterocycles. The Morgan fingerprint density at radius 1 is 1.04 bits per heavy atom. The van der Waals surface area contributed by atoms with Gasteiger partial charge in [0.2, 0.25) is 17.7 Å². The predicted octanol–water partition coefficient (Wildman–Crippen LogP) is 2.79. The second kappa shape index (κ2) is 5.50. The Hall–Kier alpha value is -2.69. The molecule has 5 heteroatoms. The Balaban J connectivity index is 1.54. The standard InChI is InChI=1S/C18H16N2O3/c21-17-14-8-4-5-9-15(14)18(22)20(17)10-13-11-23-16(19-13)12-6-2-1-3-7-12/h1-7,11,14-15H,8-10H2. The first-order valence-corrected chi connectivity index (χ1v) is 7.74. The summed E-state index contributed by atoms with van der Waals surface area (Å²) in [5.41, 5.74) is 1.47. The Kier molecular flexibility index (Phi) is 3.33. The van der Waals surface area contributed by atoms with Crippen LogP contribution in [0.1, 0.15) is 18.5 Å². The highest BCUT2D eigenvalue weighted by molar-refractivity contribution is 6.05. The number of rotatable bonds is 3. The molecule has 0 saturated carbocycles.